The minimum atomic E-state index is -0.157. The fraction of sp³-hybridized carbons (Fsp3) is 0.333. The maximum absolute atomic E-state index is 11.9. The van der Waals surface area contributed by atoms with E-state index in [0.29, 0.717) is 25.4 Å². The summed E-state index contributed by atoms with van der Waals surface area (Å²) in [5, 5.41) is 6.03. The number of nitrogens with zero attached hydrogens (tertiary/aromatic N) is 1. The molecule has 1 heterocycles. The van der Waals surface area contributed by atoms with Gasteiger partial charge in [-0.1, -0.05) is 6.92 Å². The first-order chi connectivity index (χ1) is 11.7. The molecule has 0 unspecified atom stereocenters. The number of methoxy groups -OCH3 is 1. The van der Waals surface area contributed by atoms with Gasteiger partial charge in [0.2, 0.25) is 0 Å². The van der Waals surface area contributed by atoms with E-state index in [-0.39, 0.29) is 5.91 Å². The maximum atomic E-state index is 11.9. The summed E-state index contributed by atoms with van der Waals surface area (Å²) in [5.41, 5.74) is 1.24. The number of rotatable bonds is 9. The predicted molar refractivity (Wildman–Crippen MR) is 93.8 cm³/mol. The Bertz CT molecular complexity index is 644. The van der Waals surface area contributed by atoms with E-state index in [2.05, 4.69) is 15.6 Å². The SMILES string of the molecule is CCCNC(=O)c1cc(NCCOc2ccc(OC)cc2)ccn1. The molecule has 24 heavy (non-hydrogen) atoms. The lowest BCUT2D eigenvalue weighted by Gasteiger charge is -2.10. The number of nitrogens with one attached hydrogen (secondary N) is 2. The lowest BCUT2D eigenvalue weighted by atomic mass is 10.3. The average Bonchev–Trinajstić information content (AvgIpc) is 2.64. The Morgan fingerprint density at radius 1 is 1.12 bits per heavy atom. The van der Waals surface area contributed by atoms with Crippen LogP contribution in [0.1, 0.15) is 23.8 Å². The molecule has 0 saturated carbocycles. The molecule has 0 spiro atoms. The third-order valence-electron chi connectivity index (χ3n) is 3.29. The van der Waals surface area contributed by atoms with Crippen molar-refractivity contribution in [3.05, 3.63) is 48.3 Å². The van der Waals surface area contributed by atoms with Crippen LogP contribution in [0.15, 0.2) is 42.6 Å². The zero-order valence-corrected chi connectivity index (χ0v) is 14.0. The summed E-state index contributed by atoms with van der Waals surface area (Å²) in [7, 11) is 1.63. The minimum Gasteiger partial charge on any atom is -0.497 e. The molecule has 1 aromatic carbocycles. The Hall–Kier alpha value is -2.76. The van der Waals surface area contributed by atoms with Crippen LogP contribution in [0.3, 0.4) is 0 Å². The molecule has 2 aromatic rings. The number of amides is 1. The Kier molecular flexibility index (Phi) is 6.89. The van der Waals surface area contributed by atoms with Crippen LogP contribution < -0.4 is 20.1 Å². The number of pyridine rings is 1. The molecular formula is C18H23N3O3. The van der Waals surface area contributed by atoms with Crippen molar-refractivity contribution in [3.63, 3.8) is 0 Å². The molecule has 0 aliphatic carbocycles. The molecule has 0 atom stereocenters. The largest absolute Gasteiger partial charge is 0.497 e. The summed E-state index contributed by atoms with van der Waals surface area (Å²) in [6.45, 7) is 3.78. The van der Waals surface area contributed by atoms with Crippen molar-refractivity contribution >= 4 is 11.6 Å². The Labute approximate surface area is 142 Å². The Morgan fingerprint density at radius 2 is 1.88 bits per heavy atom. The first-order valence-electron chi connectivity index (χ1n) is 7.98. The van der Waals surface area contributed by atoms with Gasteiger partial charge in [0.25, 0.3) is 5.91 Å². The molecule has 0 bridgehead atoms. The molecule has 2 N–H and O–H groups in total. The highest BCUT2D eigenvalue weighted by Crippen LogP contribution is 2.16. The summed E-state index contributed by atoms with van der Waals surface area (Å²) >= 11 is 0. The third-order valence-corrected chi connectivity index (χ3v) is 3.29. The predicted octanol–water partition coefficient (Wildman–Crippen LogP) is 2.72. The Balaban J connectivity index is 1.78. The van der Waals surface area contributed by atoms with E-state index >= 15 is 0 Å². The number of benzene rings is 1. The molecule has 0 fully saturated rings. The van der Waals surface area contributed by atoms with Gasteiger partial charge < -0.3 is 20.1 Å². The summed E-state index contributed by atoms with van der Waals surface area (Å²) in [6.07, 6.45) is 2.51. The van der Waals surface area contributed by atoms with E-state index in [4.69, 9.17) is 9.47 Å². The van der Waals surface area contributed by atoms with Crippen LogP contribution >= 0.6 is 0 Å². The molecule has 6 heteroatoms. The third kappa shape index (κ3) is 5.46. The van der Waals surface area contributed by atoms with Gasteiger partial charge >= 0.3 is 0 Å². The topological polar surface area (TPSA) is 72.5 Å². The van der Waals surface area contributed by atoms with Crippen LogP contribution in [-0.2, 0) is 0 Å². The molecule has 128 valence electrons. The van der Waals surface area contributed by atoms with E-state index in [9.17, 15) is 4.79 Å². The highest BCUT2D eigenvalue weighted by molar-refractivity contribution is 5.93. The first kappa shape index (κ1) is 17.6. The molecule has 2 rings (SSSR count). The van der Waals surface area contributed by atoms with E-state index in [1.54, 1.807) is 19.4 Å². The van der Waals surface area contributed by atoms with E-state index in [0.717, 1.165) is 23.6 Å². The zero-order valence-electron chi connectivity index (χ0n) is 14.0. The van der Waals surface area contributed by atoms with Crippen molar-refractivity contribution in [1.82, 2.24) is 10.3 Å². The van der Waals surface area contributed by atoms with Gasteiger partial charge in [0.15, 0.2) is 0 Å². The maximum Gasteiger partial charge on any atom is 0.269 e. The number of hydrogen-bond donors (Lipinski definition) is 2. The number of carbonyl (C=O) groups is 1. The van der Waals surface area contributed by atoms with Gasteiger partial charge in [-0.2, -0.15) is 0 Å². The number of ether oxygens (including phenoxy) is 2. The summed E-state index contributed by atoms with van der Waals surface area (Å²) in [6, 6.07) is 11.0. The molecule has 6 nitrogen and oxygen atoms in total. The highest BCUT2D eigenvalue weighted by atomic mass is 16.5. The van der Waals surface area contributed by atoms with Crippen LogP contribution in [0.5, 0.6) is 11.5 Å². The van der Waals surface area contributed by atoms with Gasteiger partial charge in [0.05, 0.1) is 7.11 Å². The molecule has 0 aliphatic heterocycles. The van der Waals surface area contributed by atoms with Gasteiger partial charge in [-0.25, -0.2) is 0 Å². The fourth-order valence-corrected chi connectivity index (χ4v) is 2.03. The number of aromatic nitrogens is 1. The van der Waals surface area contributed by atoms with Crippen LogP contribution in [-0.4, -0.2) is 37.7 Å². The summed E-state index contributed by atoms with van der Waals surface area (Å²) in [5.74, 6) is 1.42. The average molecular weight is 329 g/mol. The molecule has 0 saturated heterocycles. The van der Waals surface area contributed by atoms with Gasteiger partial charge in [-0.15, -0.1) is 0 Å². The van der Waals surface area contributed by atoms with Gasteiger partial charge in [-0.05, 0) is 42.8 Å². The molecule has 0 aliphatic rings. The van der Waals surface area contributed by atoms with Gasteiger partial charge in [-0.3, -0.25) is 9.78 Å². The molecule has 1 aromatic heterocycles. The Morgan fingerprint density at radius 3 is 2.58 bits per heavy atom. The summed E-state index contributed by atoms with van der Waals surface area (Å²) < 4.78 is 10.7. The second-order valence-electron chi connectivity index (χ2n) is 5.14. The van der Waals surface area contributed by atoms with E-state index < -0.39 is 0 Å². The normalized spacial score (nSPS) is 10.1. The van der Waals surface area contributed by atoms with Gasteiger partial charge in [0.1, 0.15) is 23.8 Å². The summed E-state index contributed by atoms with van der Waals surface area (Å²) in [4.78, 5) is 16.0. The van der Waals surface area contributed by atoms with Crippen molar-refractivity contribution in [2.24, 2.45) is 0 Å². The van der Waals surface area contributed by atoms with E-state index in [1.165, 1.54) is 0 Å². The van der Waals surface area contributed by atoms with Crippen molar-refractivity contribution in [2.75, 3.05) is 32.1 Å². The van der Waals surface area contributed by atoms with Crippen molar-refractivity contribution in [1.29, 1.82) is 0 Å². The number of anilines is 1. The van der Waals surface area contributed by atoms with Crippen LogP contribution in [0.2, 0.25) is 0 Å². The minimum absolute atomic E-state index is 0.157. The lowest BCUT2D eigenvalue weighted by Crippen LogP contribution is -2.25. The highest BCUT2D eigenvalue weighted by Gasteiger charge is 2.06. The second-order valence-corrected chi connectivity index (χ2v) is 5.14. The van der Waals surface area contributed by atoms with Crippen molar-refractivity contribution in [3.8, 4) is 11.5 Å². The molecule has 0 radical (unpaired) electrons. The first-order valence-corrected chi connectivity index (χ1v) is 7.98. The monoisotopic (exact) mass is 329 g/mol. The van der Waals surface area contributed by atoms with Crippen molar-refractivity contribution in [2.45, 2.75) is 13.3 Å². The van der Waals surface area contributed by atoms with E-state index in [1.807, 2.05) is 37.3 Å². The number of carbonyl (C=O) groups excluding carboxylic acids is 1. The van der Waals surface area contributed by atoms with Crippen LogP contribution in [0, 0.1) is 0 Å². The van der Waals surface area contributed by atoms with Crippen molar-refractivity contribution < 1.29 is 14.3 Å². The fourth-order valence-electron chi connectivity index (χ4n) is 2.03. The van der Waals surface area contributed by atoms with Crippen LogP contribution in [0.25, 0.3) is 0 Å². The molecular weight excluding hydrogens is 306 g/mol. The smallest absolute Gasteiger partial charge is 0.269 e. The zero-order chi connectivity index (χ0) is 17.2. The second kappa shape index (κ2) is 9.39. The number of hydrogen-bond acceptors (Lipinski definition) is 5. The lowest BCUT2D eigenvalue weighted by molar-refractivity contribution is 0.0948. The van der Waals surface area contributed by atoms with Gasteiger partial charge in [0, 0.05) is 25.0 Å². The standard InChI is InChI=1S/C18H23N3O3/c1-3-9-21-18(22)17-13-14(8-10-20-17)19-11-12-24-16-6-4-15(23-2)5-7-16/h4-8,10,13H,3,9,11-12H2,1-2H3,(H,19,20)(H,21,22). The van der Waals surface area contributed by atoms with Crippen LogP contribution in [0.4, 0.5) is 5.69 Å². The molecule has 1 amide bonds. The quantitative estimate of drug-likeness (QED) is 0.692.